The van der Waals surface area contributed by atoms with Crippen LogP contribution in [-0.4, -0.2) is 34.9 Å². The van der Waals surface area contributed by atoms with E-state index in [0.29, 0.717) is 18.7 Å². The van der Waals surface area contributed by atoms with Crippen molar-refractivity contribution in [1.82, 2.24) is 10.2 Å². The van der Waals surface area contributed by atoms with Crippen LogP contribution < -0.4 is 5.32 Å². The minimum atomic E-state index is -0.875. The van der Waals surface area contributed by atoms with Gasteiger partial charge in [0.1, 0.15) is 6.04 Å². The lowest BCUT2D eigenvalue weighted by molar-refractivity contribution is -0.145. The Bertz CT molecular complexity index is 703. The van der Waals surface area contributed by atoms with Gasteiger partial charge < -0.3 is 15.3 Å². The summed E-state index contributed by atoms with van der Waals surface area (Å²) in [5.41, 5.74) is 1.47. The Morgan fingerprint density at radius 1 is 1.12 bits per heavy atom. The standard InChI is InChI=1S/C19H20N2O3/c22-16(14-7-3-1-4-8-14)13-17(23)21-12-11-20-19(24)18(21)15-9-5-2-6-10-15/h1-10,16,18,22H,11-13H2,(H,20,24). The summed E-state index contributed by atoms with van der Waals surface area (Å²) in [6.45, 7) is 0.862. The van der Waals surface area contributed by atoms with Crippen molar-refractivity contribution < 1.29 is 14.7 Å². The normalized spacial score (nSPS) is 18.8. The van der Waals surface area contributed by atoms with Gasteiger partial charge in [0.2, 0.25) is 11.8 Å². The van der Waals surface area contributed by atoms with Gasteiger partial charge in [-0.1, -0.05) is 60.7 Å². The van der Waals surface area contributed by atoms with Crippen LogP contribution in [0.25, 0.3) is 0 Å². The zero-order valence-corrected chi connectivity index (χ0v) is 13.3. The van der Waals surface area contributed by atoms with E-state index in [9.17, 15) is 14.7 Å². The third-order valence-corrected chi connectivity index (χ3v) is 4.20. The summed E-state index contributed by atoms with van der Waals surface area (Å²) in [6.07, 6.45) is -0.916. The molecule has 3 rings (SSSR count). The quantitative estimate of drug-likeness (QED) is 0.901. The lowest BCUT2D eigenvalue weighted by atomic mass is 10.0. The van der Waals surface area contributed by atoms with Gasteiger partial charge in [-0.05, 0) is 11.1 Å². The predicted octanol–water partition coefficient (Wildman–Crippen LogP) is 1.81. The molecular formula is C19H20N2O3. The molecule has 0 saturated carbocycles. The number of hydrogen-bond donors (Lipinski definition) is 2. The van der Waals surface area contributed by atoms with E-state index in [1.807, 2.05) is 48.5 Å². The van der Waals surface area contributed by atoms with E-state index in [0.717, 1.165) is 5.56 Å². The summed E-state index contributed by atoms with van der Waals surface area (Å²) >= 11 is 0. The number of carbonyl (C=O) groups excluding carboxylic acids is 2. The molecule has 2 N–H and O–H groups in total. The molecule has 2 unspecified atom stereocenters. The molecule has 1 aliphatic rings. The Labute approximate surface area is 140 Å². The van der Waals surface area contributed by atoms with Gasteiger partial charge in [-0.25, -0.2) is 0 Å². The average Bonchev–Trinajstić information content (AvgIpc) is 2.63. The van der Waals surface area contributed by atoms with E-state index in [-0.39, 0.29) is 18.2 Å². The summed E-state index contributed by atoms with van der Waals surface area (Å²) in [5, 5.41) is 13.1. The molecule has 2 aromatic rings. The molecule has 24 heavy (non-hydrogen) atoms. The highest BCUT2D eigenvalue weighted by molar-refractivity contribution is 5.90. The summed E-state index contributed by atoms with van der Waals surface area (Å²) in [6, 6.07) is 17.7. The van der Waals surface area contributed by atoms with Gasteiger partial charge in [0.05, 0.1) is 12.5 Å². The number of piperazine rings is 1. The lowest BCUT2D eigenvalue weighted by Gasteiger charge is -2.35. The minimum Gasteiger partial charge on any atom is -0.388 e. The number of carbonyl (C=O) groups is 2. The largest absolute Gasteiger partial charge is 0.388 e. The first-order valence-electron chi connectivity index (χ1n) is 8.02. The fourth-order valence-corrected chi connectivity index (χ4v) is 2.98. The topological polar surface area (TPSA) is 69.6 Å². The van der Waals surface area contributed by atoms with Gasteiger partial charge >= 0.3 is 0 Å². The summed E-state index contributed by atoms with van der Waals surface area (Å²) in [4.78, 5) is 26.6. The summed E-state index contributed by atoms with van der Waals surface area (Å²) < 4.78 is 0. The highest BCUT2D eigenvalue weighted by Crippen LogP contribution is 2.26. The molecule has 1 fully saturated rings. The number of nitrogens with one attached hydrogen (secondary N) is 1. The fraction of sp³-hybridized carbons (Fsp3) is 0.263. The van der Waals surface area contributed by atoms with Crippen molar-refractivity contribution in [2.24, 2.45) is 0 Å². The van der Waals surface area contributed by atoms with Gasteiger partial charge in [0.15, 0.2) is 0 Å². The maximum Gasteiger partial charge on any atom is 0.247 e. The molecule has 124 valence electrons. The van der Waals surface area contributed by atoms with E-state index < -0.39 is 12.1 Å². The number of hydrogen-bond acceptors (Lipinski definition) is 3. The molecule has 0 aliphatic carbocycles. The first-order chi connectivity index (χ1) is 11.7. The molecule has 5 nitrogen and oxygen atoms in total. The number of rotatable bonds is 4. The second-order valence-electron chi connectivity index (χ2n) is 5.82. The second-order valence-corrected chi connectivity index (χ2v) is 5.82. The minimum absolute atomic E-state index is 0.0410. The van der Waals surface area contributed by atoms with Crippen LogP contribution in [0.5, 0.6) is 0 Å². The van der Waals surface area contributed by atoms with Crippen LogP contribution in [0.2, 0.25) is 0 Å². The first-order valence-corrected chi connectivity index (χ1v) is 8.02. The smallest absolute Gasteiger partial charge is 0.247 e. The molecule has 0 spiro atoms. The van der Waals surface area contributed by atoms with Gasteiger partial charge in [-0.15, -0.1) is 0 Å². The zero-order valence-electron chi connectivity index (χ0n) is 13.3. The van der Waals surface area contributed by atoms with E-state index in [1.165, 1.54) is 0 Å². The van der Waals surface area contributed by atoms with Crippen molar-refractivity contribution in [2.45, 2.75) is 18.6 Å². The number of benzene rings is 2. The van der Waals surface area contributed by atoms with E-state index in [1.54, 1.807) is 17.0 Å². The number of aliphatic hydroxyl groups excluding tert-OH is 1. The third kappa shape index (κ3) is 3.46. The lowest BCUT2D eigenvalue weighted by Crippen LogP contribution is -2.52. The molecule has 1 heterocycles. The highest BCUT2D eigenvalue weighted by Gasteiger charge is 2.34. The van der Waals surface area contributed by atoms with E-state index in [2.05, 4.69) is 5.32 Å². The van der Waals surface area contributed by atoms with Crippen molar-refractivity contribution in [3.8, 4) is 0 Å². The molecule has 2 amide bonds. The van der Waals surface area contributed by atoms with Crippen molar-refractivity contribution in [3.63, 3.8) is 0 Å². The fourth-order valence-electron chi connectivity index (χ4n) is 2.98. The molecule has 0 bridgehead atoms. The maximum absolute atomic E-state index is 12.7. The van der Waals surface area contributed by atoms with Gasteiger partial charge in [0.25, 0.3) is 0 Å². The predicted molar refractivity (Wildman–Crippen MR) is 89.9 cm³/mol. The molecule has 2 atom stereocenters. The maximum atomic E-state index is 12.7. The zero-order chi connectivity index (χ0) is 16.9. The average molecular weight is 324 g/mol. The Kier molecular flexibility index (Phi) is 4.91. The number of amides is 2. The highest BCUT2D eigenvalue weighted by atomic mass is 16.3. The van der Waals surface area contributed by atoms with Crippen LogP contribution in [-0.2, 0) is 9.59 Å². The van der Waals surface area contributed by atoms with E-state index in [4.69, 9.17) is 0 Å². The molecule has 1 aliphatic heterocycles. The van der Waals surface area contributed by atoms with Crippen LogP contribution in [0.4, 0.5) is 0 Å². The Hall–Kier alpha value is -2.66. The van der Waals surface area contributed by atoms with Crippen molar-refractivity contribution in [3.05, 3.63) is 71.8 Å². The van der Waals surface area contributed by atoms with Crippen LogP contribution in [0, 0.1) is 0 Å². The number of nitrogens with zero attached hydrogens (tertiary/aromatic N) is 1. The third-order valence-electron chi connectivity index (χ3n) is 4.20. The second kappa shape index (κ2) is 7.27. The van der Waals surface area contributed by atoms with Gasteiger partial charge in [-0.2, -0.15) is 0 Å². The Balaban J connectivity index is 1.78. The van der Waals surface area contributed by atoms with Crippen molar-refractivity contribution >= 4 is 11.8 Å². The van der Waals surface area contributed by atoms with Crippen LogP contribution in [0.15, 0.2) is 60.7 Å². The molecule has 0 aromatic heterocycles. The SMILES string of the molecule is O=C1NCCN(C(=O)CC(O)c2ccccc2)C1c1ccccc1. The molecule has 2 aromatic carbocycles. The van der Waals surface area contributed by atoms with Crippen molar-refractivity contribution in [2.75, 3.05) is 13.1 Å². The first kappa shape index (κ1) is 16.2. The summed E-state index contributed by atoms with van der Waals surface area (Å²) in [5.74, 6) is -0.412. The summed E-state index contributed by atoms with van der Waals surface area (Å²) in [7, 11) is 0. The van der Waals surface area contributed by atoms with Crippen LogP contribution in [0.1, 0.15) is 29.7 Å². The monoisotopic (exact) mass is 324 g/mol. The molecule has 0 radical (unpaired) electrons. The van der Waals surface area contributed by atoms with Crippen LogP contribution >= 0.6 is 0 Å². The molecule has 5 heteroatoms. The van der Waals surface area contributed by atoms with Gasteiger partial charge in [0, 0.05) is 13.1 Å². The van der Waals surface area contributed by atoms with Crippen molar-refractivity contribution in [1.29, 1.82) is 0 Å². The van der Waals surface area contributed by atoms with Gasteiger partial charge in [-0.3, -0.25) is 9.59 Å². The van der Waals surface area contributed by atoms with E-state index >= 15 is 0 Å². The van der Waals surface area contributed by atoms with Crippen LogP contribution in [0.3, 0.4) is 0 Å². The molecular weight excluding hydrogens is 304 g/mol. The Morgan fingerprint density at radius 3 is 2.42 bits per heavy atom. The molecule has 1 saturated heterocycles. The number of aliphatic hydroxyl groups is 1. The Morgan fingerprint density at radius 2 is 1.75 bits per heavy atom.